The summed E-state index contributed by atoms with van der Waals surface area (Å²) >= 11 is 0. The third-order valence-electron chi connectivity index (χ3n) is 3.97. The average Bonchev–Trinajstić information content (AvgIpc) is 3.29. The minimum absolute atomic E-state index is 0.0762. The van der Waals surface area contributed by atoms with Gasteiger partial charge >= 0.3 is 0 Å². The van der Waals surface area contributed by atoms with Crippen LogP contribution in [0.5, 0.6) is 0 Å². The van der Waals surface area contributed by atoms with E-state index in [0.29, 0.717) is 22.9 Å². The zero-order chi connectivity index (χ0) is 16.5. The van der Waals surface area contributed by atoms with Crippen LogP contribution >= 0.6 is 0 Å². The van der Waals surface area contributed by atoms with Crippen molar-refractivity contribution in [3.8, 4) is 0 Å². The Labute approximate surface area is 138 Å². The zero-order valence-electron chi connectivity index (χ0n) is 12.9. The van der Waals surface area contributed by atoms with Gasteiger partial charge in [0.25, 0.3) is 11.8 Å². The van der Waals surface area contributed by atoms with Gasteiger partial charge in [-0.05, 0) is 49.2 Å². The highest BCUT2D eigenvalue weighted by Gasteiger charge is 2.23. The van der Waals surface area contributed by atoms with Crippen molar-refractivity contribution in [1.82, 2.24) is 5.32 Å². The standard InChI is InChI=1S/C19H16N2O3/c22-18(20-15-9-10-15)12-5-7-14(8-6-12)21-19(23)17-11-13-3-1-2-4-16(13)24-17/h1-8,11,15H,9-10H2,(H,20,22)(H,21,23). The minimum Gasteiger partial charge on any atom is -0.451 e. The van der Waals surface area contributed by atoms with Gasteiger partial charge in [0.05, 0.1) is 0 Å². The first kappa shape index (κ1) is 14.5. The lowest BCUT2D eigenvalue weighted by Gasteiger charge is -2.06. The molecule has 0 spiro atoms. The van der Waals surface area contributed by atoms with Gasteiger partial charge in [0.2, 0.25) is 0 Å². The summed E-state index contributed by atoms with van der Waals surface area (Å²) in [6.07, 6.45) is 2.11. The van der Waals surface area contributed by atoms with Gasteiger partial charge in [-0.25, -0.2) is 0 Å². The summed E-state index contributed by atoms with van der Waals surface area (Å²) in [5.41, 5.74) is 1.88. The van der Waals surface area contributed by atoms with E-state index in [-0.39, 0.29) is 17.6 Å². The Bertz CT molecular complexity index is 875. The molecule has 0 unspecified atom stereocenters. The molecule has 0 saturated heterocycles. The molecule has 5 nitrogen and oxygen atoms in total. The lowest BCUT2D eigenvalue weighted by molar-refractivity contribution is 0.0950. The van der Waals surface area contributed by atoms with Gasteiger partial charge in [-0.1, -0.05) is 18.2 Å². The fraction of sp³-hybridized carbons (Fsp3) is 0.158. The molecular weight excluding hydrogens is 304 g/mol. The van der Waals surface area contributed by atoms with Crippen LogP contribution in [0.1, 0.15) is 33.8 Å². The van der Waals surface area contributed by atoms with Crippen LogP contribution in [-0.2, 0) is 0 Å². The number of carbonyl (C=O) groups excluding carboxylic acids is 2. The van der Waals surface area contributed by atoms with Crippen LogP contribution in [-0.4, -0.2) is 17.9 Å². The smallest absolute Gasteiger partial charge is 0.291 e. The number of hydrogen-bond donors (Lipinski definition) is 2. The van der Waals surface area contributed by atoms with Crippen LogP contribution in [0.4, 0.5) is 5.69 Å². The van der Waals surface area contributed by atoms with Crippen molar-refractivity contribution >= 4 is 28.5 Å². The molecule has 0 aliphatic heterocycles. The Kier molecular flexibility index (Phi) is 3.54. The van der Waals surface area contributed by atoms with E-state index >= 15 is 0 Å². The van der Waals surface area contributed by atoms with Crippen LogP contribution in [0.2, 0.25) is 0 Å². The number of benzene rings is 2. The molecule has 0 radical (unpaired) electrons. The number of carbonyl (C=O) groups is 2. The molecule has 120 valence electrons. The van der Waals surface area contributed by atoms with Crippen molar-refractivity contribution in [2.24, 2.45) is 0 Å². The molecule has 2 N–H and O–H groups in total. The fourth-order valence-electron chi connectivity index (χ4n) is 2.49. The molecule has 0 atom stereocenters. The predicted molar refractivity (Wildman–Crippen MR) is 91.1 cm³/mol. The topological polar surface area (TPSA) is 71.3 Å². The number of nitrogens with one attached hydrogen (secondary N) is 2. The van der Waals surface area contributed by atoms with Crippen LogP contribution in [0.3, 0.4) is 0 Å². The quantitative estimate of drug-likeness (QED) is 0.772. The molecule has 1 fully saturated rings. The summed E-state index contributed by atoms with van der Waals surface area (Å²) in [5, 5.41) is 6.59. The Morgan fingerprint density at radius 1 is 0.958 bits per heavy atom. The van der Waals surface area contributed by atoms with Gasteiger partial charge in [0.1, 0.15) is 5.58 Å². The molecule has 1 heterocycles. The maximum Gasteiger partial charge on any atom is 0.291 e. The van der Waals surface area contributed by atoms with E-state index in [0.717, 1.165) is 18.2 Å². The first-order chi connectivity index (χ1) is 11.7. The van der Waals surface area contributed by atoms with Gasteiger partial charge in [0.15, 0.2) is 5.76 Å². The van der Waals surface area contributed by atoms with Crippen molar-refractivity contribution in [2.75, 3.05) is 5.32 Å². The molecule has 5 heteroatoms. The second-order valence-corrected chi connectivity index (χ2v) is 5.93. The summed E-state index contributed by atoms with van der Waals surface area (Å²) in [4.78, 5) is 24.2. The third kappa shape index (κ3) is 3.01. The summed E-state index contributed by atoms with van der Waals surface area (Å²) < 4.78 is 5.54. The monoisotopic (exact) mass is 320 g/mol. The fourth-order valence-corrected chi connectivity index (χ4v) is 2.49. The lowest BCUT2D eigenvalue weighted by Crippen LogP contribution is -2.25. The van der Waals surface area contributed by atoms with Crippen molar-refractivity contribution in [3.63, 3.8) is 0 Å². The molecule has 2 aromatic carbocycles. The number of fused-ring (bicyclic) bond motifs is 1. The van der Waals surface area contributed by atoms with E-state index in [1.807, 2.05) is 24.3 Å². The van der Waals surface area contributed by atoms with Gasteiger partial charge in [-0.2, -0.15) is 0 Å². The number of para-hydroxylation sites is 1. The first-order valence-electron chi connectivity index (χ1n) is 7.90. The number of anilines is 1. The maximum absolute atomic E-state index is 12.3. The van der Waals surface area contributed by atoms with Crippen molar-refractivity contribution in [2.45, 2.75) is 18.9 Å². The van der Waals surface area contributed by atoms with Crippen molar-refractivity contribution in [3.05, 3.63) is 65.9 Å². The minimum atomic E-state index is -0.318. The molecule has 1 saturated carbocycles. The highest BCUT2D eigenvalue weighted by atomic mass is 16.3. The second kappa shape index (κ2) is 5.85. The molecule has 24 heavy (non-hydrogen) atoms. The Morgan fingerprint density at radius 2 is 1.71 bits per heavy atom. The molecule has 2 amide bonds. The molecule has 1 aromatic heterocycles. The predicted octanol–water partition coefficient (Wildman–Crippen LogP) is 3.58. The normalized spacial score (nSPS) is 13.7. The maximum atomic E-state index is 12.3. The Hall–Kier alpha value is -3.08. The highest BCUT2D eigenvalue weighted by Crippen LogP contribution is 2.21. The number of rotatable bonds is 4. The van der Waals surface area contributed by atoms with E-state index in [9.17, 15) is 9.59 Å². The van der Waals surface area contributed by atoms with Crippen molar-refractivity contribution < 1.29 is 14.0 Å². The average molecular weight is 320 g/mol. The number of furan rings is 1. The van der Waals surface area contributed by atoms with Gasteiger partial charge in [-0.15, -0.1) is 0 Å². The van der Waals surface area contributed by atoms with Crippen LogP contribution in [0, 0.1) is 0 Å². The molecular formula is C19H16N2O3. The van der Waals surface area contributed by atoms with Crippen LogP contribution in [0.25, 0.3) is 11.0 Å². The van der Waals surface area contributed by atoms with E-state index in [1.54, 1.807) is 30.3 Å². The van der Waals surface area contributed by atoms with E-state index in [4.69, 9.17) is 4.42 Å². The van der Waals surface area contributed by atoms with E-state index in [2.05, 4.69) is 10.6 Å². The number of amides is 2. The largest absolute Gasteiger partial charge is 0.451 e. The summed E-state index contributed by atoms with van der Waals surface area (Å²) in [5.74, 6) is -0.138. The molecule has 3 aromatic rings. The summed E-state index contributed by atoms with van der Waals surface area (Å²) in [7, 11) is 0. The summed E-state index contributed by atoms with van der Waals surface area (Å²) in [6, 6.07) is 16.3. The summed E-state index contributed by atoms with van der Waals surface area (Å²) in [6.45, 7) is 0. The van der Waals surface area contributed by atoms with Crippen LogP contribution < -0.4 is 10.6 Å². The molecule has 1 aliphatic carbocycles. The highest BCUT2D eigenvalue weighted by molar-refractivity contribution is 6.05. The first-order valence-corrected chi connectivity index (χ1v) is 7.90. The van der Waals surface area contributed by atoms with E-state index < -0.39 is 0 Å². The Morgan fingerprint density at radius 3 is 2.42 bits per heavy atom. The Balaban J connectivity index is 1.45. The molecule has 4 rings (SSSR count). The van der Waals surface area contributed by atoms with Gasteiger partial charge in [-0.3, -0.25) is 9.59 Å². The molecule has 1 aliphatic rings. The van der Waals surface area contributed by atoms with Gasteiger partial charge in [0, 0.05) is 22.7 Å². The SMILES string of the molecule is O=C(NC1CC1)c1ccc(NC(=O)c2cc3ccccc3o2)cc1. The van der Waals surface area contributed by atoms with Crippen molar-refractivity contribution in [1.29, 1.82) is 0 Å². The van der Waals surface area contributed by atoms with Crippen LogP contribution in [0.15, 0.2) is 59.0 Å². The second-order valence-electron chi connectivity index (χ2n) is 5.93. The van der Waals surface area contributed by atoms with Gasteiger partial charge < -0.3 is 15.1 Å². The molecule has 0 bridgehead atoms. The van der Waals surface area contributed by atoms with E-state index in [1.165, 1.54) is 0 Å². The zero-order valence-corrected chi connectivity index (χ0v) is 12.9. The third-order valence-corrected chi connectivity index (χ3v) is 3.97. The number of hydrogen-bond acceptors (Lipinski definition) is 3. The lowest BCUT2D eigenvalue weighted by atomic mass is 10.2.